The van der Waals surface area contributed by atoms with Gasteiger partial charge in [0.05, 0.1) is 19.3 Å². The molecule has 2 unspecified atom stereocenters. The van der Waals surface area contributed by atoms with Crippen molar-refractivity contribution in [3.8, 4) is 5.75 Å². The Morgan fingerprint density at radius 3 is 2.83 bits per heavy atom. The second kappa shape index (κ2) is 7.79. The van der Waals surface area contributed by atoms with Gasteiger partial charge in [-0.3, -0.25) is 9.69 Å². The van der Waals surface area contributed by atoms with Crippen LogP contribution in [0.3, 0.4) is 0 Å². The second-order valence-electron chi connectivity index (χ2n) is 6.26. The number of piperidine rings is 1. The third-order valence-corrected chi connectivity index (χ3v) is 4.64. The van der Waals surface area contributed by atoms with E-state index in [9.17, 15) is 4.79 Å². The maximum atomic E-state index is 12.5. The summed E-state index contributed by atoms with van der Waals surface area (Å²) in [4.78, 5) is 14.8. The molecular weight excluding hydrogens is 292 g/mol. The number of carbonyl (C=O) groups is 1. The summed E-state index contributed by atoms with van der Waals surface area (Å²) in [6.45, 7) is 5.49. The van der Waals surface area contributed by atoms with Crippen molar-refractivity contribution in [2.45, 2.75) is 44.8 Å². The van der Waals surface area contributed by atoms with Gasteiger partial charge in [-0.05, 0) is 50.2 Å². The lowest BCUT2D eigenvalue weighted by atomic mass is 10.0. The molecule has 1 aromatic carbocycles. The zero-order chi connectivity index (χ0) is 16.1. The first-order chi connectivity index (χ1) is 11.3. The summed E-state index contributed by atoms with van der Waals surface area (Å²) in [5.41, 5.74) is 0.826. The molecule has 0 bridgehead atoms. The summed E-state index contributed by atoms with van der Waals surface area (Å²) < 4.78 is 11.1. The van der Waals surface area contributed by atoms with E-state index in [1.165, 1.54) is 6.42 Å². The first-order valence-electron chi connectivity index (χ1n) is 8.65. The van der Waals surface area contributed by atoms with Gasteiger partial charge >= 0.3 is 0 Å². The highest BCUT2D eigenvalue weighted by molar-refractivity contribution is 5.94. The standard InChI is InChI=1S/C18H26N2O3/c1-2-20-11-4-3-5-17(20)18(21)19-14-6-8-15(9-7-14)23-16-10-12-22-13-16/h6-9,16-17H,2-5,10-13H2,1H3,(H,19,21). The number of likely N-dealkylation sites (N-methyl/N-ethyl adjacent to an activating group) is 1. The number of anilines is 1. The summed E-state index contributed by atoms with van der Waals surface area (Å²) in [6, 6.07) is 7.63. The zero-order valence-electron chi connectivity index (χ0n) is 13.8. The number of amides is 1. The van der Waals surface area contributed by atoms with Crippen molar-refractivity contribution in [2.24, 2.45) is 0 Å². The first-order valence-corrected chi connectivity index (χ1v) is 8.65. The largest absolute Gasteiger partial charge is 0.488 e. The molecule has 1 amide bonds. The summed E-state index contributed by atoms with van der Waals surface area (Å²) >= 11 is 0. The van der Waals surface area contributed by atoms with Crippen LogP contribution in [0.15, 0.2) is 24.3 Å². The molecule has 0 spiro atoms. The van der Waals surface area contributed by atoms with E-state index in [2.05, 4.69) is 17.1 Å². The van der Waals surface area contributed by atoms with Gasteiger partial charge < -0.3 is 14.8 Å². The number of likely N-dealkylation sites (tertiary alicyclic amines) is 1. The Bertz CT molecular complexity index is 512. The lowest BCUT2D eigenvalue weighted by molar-refractivity contribution is -0.122. The molecule has 2 fully saturated rings. The smallest absolute Gasteiger partial charge is 0.241 e. The second-order valence-corrected chi connectivity index (χ2v) is 6.26. The van der Waals surface area contributed by atoms with Crippen molar-refractivity contribution in [3.05, 3.63) is 24.3 Å². The van der Waals surface area contributed by atoms with E-state index in [4.69, 9.17) is 9.47 Å². The summed E-state index contributed by atoms with van der Waals surface area (Å²) in [7, 11) is 0. The maximum Gasteiger partial charge on any atom is 0.241 e. The normalized spacial score (nSPS) is 25.3. The molecule has 2 aliphatic heterocycles. The van der Waals surface area contributed by atoms with Crippen LogP contribution in [-0.4, -0.2) is 49.3 Å². The maximum absolute atomic E-state index is 12.5. The van der Waals surface area contributed by atoms with Crippen LogP contribution in [0.1, 0.15) is 32.6 Å². The molecule has 0 aliphatic carbocycles. The lowest BCUT2D eigenvalue weighted by Gasteiger charge is -2.33. The Morgan fingerprint density at radius 2 is 2.13 bits per heavy atom. The fourth-order valence-electron chi connectivity index (χ4n) is 3.31. The third kappa shape index (κ3) is 4.24. The minimum Gasteiger partial charge on any atom is -0.488 e. The van der Waals surface area contributed by atoms with E-state index >= 15 is 0 Å². The van der Waals surface area contributed by atoms with E-state index < -0.39 is 0 Å². The van der Waals surface area contributed by atoms with E-state index in [0.717, 1.165) is 50.4 Å². The Balaban J connectivity index is 1.55. The fraction of sp³-hybridized carbons (Fsp3) is 0.611. The van der Waals surface area contributed by atoms with Gasteiger partial charge in [0.2, 0.25) is 5.91 Å². The summed E-state index contributed by atoms with van der Waals surface area (Å²) in [5, 5.41) is 3.04. The highest BCUT2D eigenvalue weighted by Crippen LogP contribution is 2.22. The number of hydrogen-bond acceptors (Lipinski definition) is 4. The van der Waals surface area contributed by atoms with Gasteiger partial charge in [0.25, 0.3) is 0 Å². The molecular formula is C18H26N2O3. The van der Waals surface area contributed by atoms with Gasteiger partial charge in [0, 0.05) is 12.1 Å². The fourth-order valence-corrected chi connectivity index (χ4v) is 3.31. The van der Waals surface area contributed by atoms with Gasteiger partial charge in [-0.25, -0.2) is 0 Å². The molecule has 0 aromatic heterocycles. The van der Waals surface area contributed by atoms with Crippen molar-refractivity contribution in [2.75, 3.05) is 31.6 Å². The van der Waals surface area contributed by atoms with Crippen LogP contribution in [0, 0.1) is 0 Å². The molecule has 2 atom stereocenters. The lowest BCUT2D eigenvalue weighted by Crippen LogP contribution is -2.46. The Morgan fingerprint density at radius 1 is 1.30 bits per heavy atom. The molecule has 0 saturated carbocycles. The SMILES string of the molecule is CCN1CCCCC1C(=O)Nc1ccc(OC2CCOC2)cc1. The highest BCUT2D eigenvalue weighted by atomic mass is 16.5. The van der Waals surface area contributed by atoms with Gasteiger partial charge in [0.1, 0.15) is 11.9 Å². The van der Waals surface area contributed by atoms with Gasteiger partial charge in [-0.2, -0.15) is 0 Å². The molecule has 126 valence electrons. The van der Waals surface area contributed by atoms with Gasteiger partial charge in [-0.15, -0.1) is 0 Å². The van der Waals surface area contributed by atoms with Crippen molar-refractivity contribution in [1.29, 1.82) is 0 Å². The number of rotatable bonds is 5. The summed E-state index contributed by atoms with van der Waals surface area (Å²) in [6.07, 6.45) is 4.35. The van der Waals surface area contributed by atoms with Crippen LogP contribution < -0.4 is 10.1 Å². The van der Waals surface area contributed by atoms with Crippen LogP contribution in [-0.2, 0) is 9.53 Å². The molecule has 2 aliphatic rings. The van der Waals surface area contributed by atoms with Crippen LogP contribution in [0.25, 0.3) is 0 Å². The van der Waals surface area contributed by atoms with Crippen molar-refractivity contribution in [3.63, 3.8) is 0 Å². The van der Waals surface area contributed by atoms with Crippen molar-refractivity contribution >= 4 is 11.6 Å². The average molecular weight is 318 g/mol. The number of nitrogens with one attached hydrogen (secondary N) is 1. The molecule has 5 nitrogen and oxygen atoms in total. The molecule has 0 radical (unpaired) electrons. The predicted molar refractivity (Wildman–Crippen MR) is 89.8 cm³/mol. The minimum atomic E-state index is 0.000291. The topological polar surface area (TPSA) is 50.8 Å². The molecule has 23 heavy (non-hydrogen) atoms. The number of nitrogens with zero attached hydrogens (tertiary/aromatic N) is 1. The van der Waals surface area contributed by atoms with Gasteiger partial charge in [0.15, 0.2) is 0 Å². The quantitative estimate of drug-likeness (QED) is 0.907. The Hall–Kier alpha value is -1.59. The van der Waals surface area contributed by atoms with Crippen LogP contribution in [0.4, 0.5) is 5.69 Å². The summed E-state index contributed by atoms with van der Waals surface area (Å²) in [5.74, 6) is 0.927. The first kappa shape index (κ1) is 16.3. The molecule has 1 N–H and O–H groups in total. The van der Waals surface area contributed by atoms with Crippen LogP contribution in [0.5, 0.6) is 5.75 Å². The average Bonchev–Trinajstić information content (AvgIpc) is 3.09. The molecule has 3 rings (SSSR count). The van der Waals surface area contributed by atoms with Gasteiger partial charge in [-0.1, -0.05) is 13.3 Å². The third-order valence-electron chi connectivity index (χ3n) is 4.64. The van der Waals surface area contributed by atoms with Crippen molar-refractivity contribution in [1.82, 2.24) is 4.90 Å². The molecule has 1 aromatic rings. The predicted octanol–water partition coefficient (Wildman–Crippen LogP) is 2.67. The molecule has 5 heteroatoms. The monoisotopic (exact) mass is 318 g/mol. The molecule has 2 heterocycles. The zero-order valence-corrected chi connectivity index (χ0v) is 13.8. The Labute approximate surface area is 137 Å². The molecule has 2 saturated heterocycles. The highest BCUT2D eigenvalue weighted by Gasteiger charge is 2.27. The van der Waals surface area contributed by atoms with Crippen LogP contribution in [0.2, 0.25) is 0 Å². The van der Waals surface area contributed by atoms with E-state index in [-0.39, 0.29) is 18.1 Å². The van der Waals surface area contributed by atoms with E-state index in [1.807, 2.05) is 24.3 Å². The number of carbonyl (C=O) groups excluding carboxylic acids is 1. The minimum absolute atomic E-state index is 0.000291. The van der Waals surface area contributed by atoms with Crippen molar-refractivity contribution < 1.29 is 14.3 Å². The number of hydrogen-bond donors (Lipinski definition) is 1. The van der Waals surface area contributed by atoms with Crippen LogP contribution >= 0.6 is 0 Å². The number of benzene rings is 1. The Kier molecular flexibility index (Phi) is 5.51. The number of ether oxygens (including phenoxy) is 2. The van der Waals surface area contributed by atoms with E-state index in [0.29, 0.717) is 6.61 Å². The van der Waals surface area contributed by atoms with E-state index in [1.54, 1.807) is 0 Å².